The SMILES string of the molecule is CCCCOC(=O)CN(c1ccc2c(ccn2-c2cnc(NCCN(C)C)cn2)c1)S(=O)(=O)c1cc(Br)cc(Br)c1. The van der Waals surface area contributed by atoms with Crippen LogP contribution in [0.3, 0.4) is 0 Å². The molecule has 0 saturated carbocycles. The summed E-state index contributed by atoms with van der Waals surface area (Å²) >= 11 is 6.72. The molecule has 4 rings (SSSR count). The molecule has 0 saturated heterocycles. The number of fused-ring (bicyclic) bond motifs is 1. The van der Waals surface area contributed by atoms with E-state index in [1.54, 1.807) is 36.7 Å². The molecule has 0 amide bonds. The van der Waals surface area contributed by atoms with Crippen LogP contribution in [0.4, 0.5) is 11.5 Å². The summed E-state index contributed by atoms with van der Waals surface area (Å²) in [7, 11) is -0.110. The van der Waals surface area contributed by atoms with Crippen molar-refractivity contribution in [1.29, 1.82) is 0 Å². The van der Waals surface area contributed by atoms with Crippen LogP contribution in [0.2, 0.25) is 0 Å². The Bertz CT molecular complexity index is 1590. The number of likely N-dealkylation sites (N-methyl/N-ethyl adjacent to an activating group) is 1. The van der Waals surface area contributed by atoms with Crippen molar-refractivity contribution in [3.63, 3.8) is 0 Å². The monoisotopic (exact) mass is 706 g/mol. The highest BCUT2D eigenvalue weighted by molar-refractivity contribution is 9.11. The summed E-state index contributed by atoms with van der Waals surface area (Å²) in [4.78, 5) is 23.8. The number of nitrogens with one attached hydrogen (secondary N) is 1. The highest BCUT2D eigenvalue weighted by Crippen LogP contribution is 2.31. The predicted octanol–water partition coefficient (Wildman–Crippen LogP) is 5.46. The van der Waals surface area contributed by atoms with Crippen LogP contribution < -0.4 is 9.62 Å². The molecule has 4 aromatic rings. The van der Waals surface area contributed by atoms with Crippen LogP contribution in [-0.4, -0.2) is 74.2 Å². The van der Waals surface area contributed by atoms with E-state index in [1.807, 2.05) is 37.8 Å². The number of aromatic nitrogens is 3. The third-order valence-electron chi connectivity index (χ3n) is 6.17. The molecule has 0 unspecified atom stereocenters. The van der Waals surface area contributed by atoms with Gasteiger partial charge in [0.05, 0.1) is 35.1 Å². The molecule has 2 aromatic heterocycles. The summed E-state index contributed by atoms with van der Waals surface area (Å²) in [6.07, 6.45) is 6.77. The Balaban J connectivity index is 1.65. The fourth-order valence-electron chi connectivity index (χ4n) is 4.04. The van der Waals surface area contributed by atoms with E-state index < -0.39 is 22.5 Å². The van der Waals surface area contributed by atoms with Crippen molar-refractivity contribution < 1.29 is 17.9 Å². The van der Waals surface area contributed by atoms with E-state index in [2.05, 4.69) is 52.0 Å². The quantitative estimate of drug-likeness (QED) is 0.144. The number of unbranched alkanes of at least 4 members (excludes halogenated alkanes) is 1. The average molecular weight is 708 g/mol. The highest BCUT2D eigenvalue weighted by Gasteiger charge is 2.29. The second-order valence-electron chi connectivity index (χ2n) is 9.61. The molecule has 10 nitrogen and oxygen atoms in total. The number of ether oxygens (including phenoxy) is 1. The summed E-state index contributed by atoms with van der Waals surface area (Å²) in [5.41, 5.74) is 1.15. The number of nitrogens with zero attached hydrogens (tertiary/aromatic N) is 5. The van der Waals surface area contributed by atoms with E-state index in [4.69, 9.17) is 4.74 Å². The fourth-order valence-corrected chi connectivity index (χ4v) is 7.11. The number of esters is 1. The second kappa shape index (κ2) is 13.8. The minimum absolute atomic E-state index is 0.0346. The maximum absolute atomic E-state index is 13.9. The van der Waals surface area contributed by atoms with Crippen LogP contribution in [0.1, 0.15) is 19.8 Å². The molecule has 0 bridgehead atoms. The molecule has 0 spiro atoms. The number of anilines is 2. The summed E-state index contributed by atoms with van der Waals surface area (Å²) < 4.78 is 37.2. The summed E-state index contributed by atoms with van der Waals surface area (Å²) in [6.45, 7) is 3.38. The molecule has 218 valence electrons. The Labute approximate surface area is 257 Å². The van der Waals surface area contributed by atoms with Gasteiger partial charge >= 0.3 is 5.97 Å². The zero-order chi connectivity index (χ0) is 29.6. The topological polar surface area (TPSA) is 110 Å². The van der Waals surface area contributed by atoms with Crippen molar-refractivity contribution in [2.75, 3.05) is 50.0 Å². The van der Waals surface area contributed by atoms with Crippen molar-refractivity contribution in [3.8, 4) is 5.82 Å². The molecule has 2 aromatic carbocycles. The van der Waals surface area contributed by atoms with Crippen LogP contribution >= 0.6 is 31.9 Å². The number of carbonyl (C=O) groups is 1. The molecule has 13 heteroatoms. The zero-order valence-electron chi connectivity index (χ0n) is 23.0. The maximum Gasteiger partial charge on any atom is 0.326 e. The van der Waals surface area contributed by atoms with E-state index in [0.717, 1.165) is 34.7 Å². The van der Waals surface area contributed by atoms with Gasteiger partial charge in [-0.2, -0.15) is 0 Å². The first-order valence-electron chi connectivity index (χ1n) is 13.0. The van der Waals surface area contributed by atoms with Crippen LogP contribution in [0, 0.1) is 0 Å². The van der Waals surface area contributed by atoms with Crippen molar-refractivity contribution in [2.45, 2.75) is 24.7 Å². The van der Waals surface area contributed by atoms with Gasteiger partial charge < -0.3 is 15.0 Å². The average Bonchev–Trinajstić information content (AvgIpc) is 3.35. The van der Waals surface area contributed by atoms with Crippen molar-refractivity contribution in [3.05, 3.63) is 70.0 Å². The fraction of sp³-hybridized carbons (Fsp3) is 0.321. The Kier molecular flexibility index (Phi) is 10.4. The van der Waals surface area contributed by atoms with E-state index in [-0.39, 0.29) is 11.5 Å². The van der Waals surface area contributed by atoms with Crippen molar-refractivity contribution in [2.24, 2.45) is 0 Å². The Morgan fingerprint density at radius 3 is 2.46 bits per heavy atom. The number of hydrogen-bond donors (Lipinski definition) is 1. The van der Waals surface area contributed by atoms with Gasteiger partial charge in [-0.3, -0.25) is 13.7 Å². The number of rotatable bonds is 13. The van der Waals surface area contributed by atoms with Crippen molar-refractivity contribution >= 4 is 70.3 Å². The minimum atomic E-state index is -4.12. The molecule has 41 heavy (non-hydrogen) atoms. The standard InChI is InChI=1S/C28H32Br2N6O4S/c1-4-5-12-40-28(37)19-36(41(38,39)24-15-21(29)14-22(30)16-24)23-6-7-25-20(13-23)8-10-35(25)27-18-32-26(17-33-27)31-9-11-34(2)3/h6-8,10,13-18H,4-5,9,11-12,19H2,1-3H3,(H,31,32). The molecule has 2 heterocycles. The Morgan fingerprint density at radius 2 is 1.80 bits per heavy atom. The van der Waals surface area contributed by atoms with Crippen LogP contribution in [0.5, 0.6) is 0 Å². The molecule has 0 aliphatic carbocycles. The number of hydrogen-bond acceptors (Lipinski definition) is 8. The van der Waals surface area contributed by atoms with Crippen molar-refractivity contribution in [1.82, 2.24) is 19.4 Å². The van der Waals surface area contributed by atoms with Gasteiger partial charge in [0.25, 0.3) is 10.0 Å². The first-order chi connectivity index (χ1) is 19.6. The van der Waals surface area contributed by atoms with Gasteiger partial charge in [0.2, 0.25) is 0 Å². The van der Waals surface area contributed by atoms with Gasteiger partial charge in [-0.15, -0.1) is 0 Å². The van der Waals surface area contributed by atoms with Gasteiger partial charge in [-0.25, -0.2) is 18.4 Å². The molecule has 0 radical (unpaired) electrons. The first-order valence-corrected chi connectivity index (χ1v) is 16.1. The molecule has 1 N–H and O–H groups in total. The smallest absolute Gasteiger partial charge is 0.326 e. The molecular formula is C28H32Br2N6O4S. The van der Waals surface area contributed by atoms with E-state index in [0.29, 0.717) is 32.7 Å². The third kappa shape index (κ3) is 7.85. The van der Waals surface area contributed by atoms with Gasteiger partial charge in [0.1, 0.15) is 12.4 Å². The summed E-state index contributed by atoms with van der Waals surface area (Å²) in [6, 6.07) is 11.8. The lowest BCUT2D eigenvalue weighted by Crippen LogP contribution is -2.36. The molecule has 0 atom stereocenters. The number of sulfonamides is 1. The van der Waals surface area contributed by atoms with Crippen LogP contribution in [0.25, 0.3) is 16.7 Å². The maximum atomic E-state index is 13.9. The predicted molar refractivity (Wildman–Crippen MR) is 168 cm³/mol. The molecule has 0 fully saturated rings. The Morgan fingerprint density at radius 1 is 1.05 bits per heavy atom. The lowest BCUT2D eigenvalue weighted by atomic mass is 10.2. The number of benzene rings is 2. The normalized spacial score (nSPS) is 11.7. The Hall–Kier alpha value is -3.00. The molecular weight excluding hydrogens is 676 g/mol. The highest BCUT2D eigenvalue weighted by atomic mass is 79.9. The zero-order valence-corrected chi connectivity index (χ0v) is 27.0. The number of halogens is 2. The molecule has 0 aliphatic rings. The third-order valence-corrected chi connectivity index (χ3v) is 8.84. The van der Waals surface area contributed by atoms with Gasteiger partial charge in [0.15, 0.2) is 5.82 Å². The van der Waals surface area contributed by atoms with Gasteiger partial charge in [-0.1, -0.05) is 45.2 Å². The number of carbonyl (C=O) groups excluding carboxylic acids is 1. The minimum Gasteiger partial charge on any atom is -0.464 e. The lowest BCUT2D eigenvalue weighted by Gasteiger charge is -2.24. The molecule has 0 aliphatic heterocycles. The van der Waals surface area contributed by atoms with E-state index in [9.17, 15) is 13.2 Å². The first kappa shape index (κ1) is 30.9. The van der Waals surface area contributed by atoms with E-state index >= 15 is 0 Å². The van der Waals surface area contributed by atoms with Gasteiger partial charge in [0, 0.05) is 33.6 Å². The lowest BCUT2D eigenvalue weighted by molar-refractivity contribution is -0.141. The van der Waals surface area contributed by atoms with Crippen LogP contribution in [-0.2, 0) is 19.6 Å². The largest absolute Gasteiger partial charge is 0.464 e. The summed E-state index contributed by atoms with van der Waals surface area (Å²) in [5, 5.41) is 4.01. The van der Waals surface area contributed by atoms with E-state index in [1.165, 1.54) is 12.1 Å². The van der Waals surface area contributed by atoms with Crippen LogP contribution in [0.15, 0.2) is 74.9 Å². The van der Waals surface area contributed by atoms with Gasteiger partial charge in [-0.05, 0) is 63.0 Å². The second-order valence-corrected chi connectivity index (χ2v) is 13.3. The summed E-state index contributed by atoms with van der Waals surface area (Å²) in [5.74, 6) is 0.678.